The molecule has 2 aromatic rings. The van der Waals surface area contributed by atoms with Crippen molar-refractivity contribution in [2.45, 2.75) is 17.6 Å². The number of aromatic nitrogens is 1. The molecule has 1 aromatic carbocycles. The maximum atomic E-state index is 12.0. The van der Waals surface area contributed by atoms with E-state index in [1.165, 1.54) is 23.5 Å². The summed E-state index contributed by atoms with van der Waals surface area (Å²) in [5.41, 5.74) is 6.92. The molecule has 1 heterocycles. The SMILES string of the molecule is Cc1csc(CS(=O)(=O)c2ccc(N)cc2)n1. The van der Waals surface area contributed by atoms with Crippen LogP contribution < -0.4 is 5.73 Å². The smallest absolute Gasteiger partial charge is 0.184 e. The van der Waals surface area contributed by atoms with Crippen molar-refractivity contribution in [2.75, 3.05) is 5.73 Å². The molecule has 0 bridgehead atoms. The Kier molecular flexibility index (Phi) is 3.17. The van der Waals surface area contributed by atoms with Crippen LogP contribution in [0.5, 0.6) is 0 Å². The van der Waals surface area contributed by atoms with Gasteiger partial charge in [0.25, 0.3) is 0 Å². The molecule has 2 N–H and O–H groups in total. The van der Waals surface area contributed by atoms with E-state index in [1.807, 2.05) is 12.3 Å². The molecule has 4 nitrogen and oxygen atoms in total. The fourth-order valence-corrected chi connectivity index (χ4v) is 3.79. The molecule has 0 spiro atoms. The number of aryl methyl sites for hydroxylation is 1. The van der Waals surface area contributed by atoms with Crippen LogP contribution in [0.1, 0.15) is 10.7 Å². The van der Waals surface area contributed by atoms with E-state index in [4.69, 9.17) is 5.73 Å². The first-order valence-corrected chi connectivity index (χ1v) is 7.50. The lowest BCUT2D eigenvalue weighted by Gasteiger charge is -2.02. The van der Waals surface area contributed by atoms with Crippen LogP contribution in [0.4, 0.5) is 5.69 Å². The topological polar surface area (TPSA) is 73.0 Å². The first kappa shape index (κ1) is 12.1. The Hall–Kier alpha value is -1.40. The van der Waals surface area contributed by atoms with Crippen molar-refractivity contribution < 1.29 is 8.42 Å². The van der Waals surface area contributed by atoms with Gasteiger partial charge in [0.15, 0.2) is 9.84 Å². The monoisotopic (exact) mass is 268 g/mol. The summed E-state index contributed by atoms with van der Waals surface area (Å²) in [6.07, 6.45) is 0. The van der Waals surface area contributed by atoms with Gasteiger partial charge in [0.1, 0.15) is 10.8 Å². The number of thiazole rings is 1. The molecule has 90 valence electrons. The Morgan fingerprint density at radius 2 is 1.94 bits per heavy atom. The van der Waals surface area contributed by atoms with Crippen LogP contribution in [-0.2, 0) is 15.6 Å². The average Bonchev–Trinajstić information content (AvgIpc) is 2.63. The number of rotatable bonds is 3. The van der Waals surface area contributed by atoms with Gasteiger partial charge in [0, 0.05) is 16.8 Å². The maximum absolute atomic E-state index is 12.0. The highest BCUT2D eigenvalue weighted by Crippen LogP contribution is 2.19. The van der Waals surface area contributed by atoms with Crippen LogP contribution >= 0.6 is 11.3 Å². The number of sulfone groups is 1. The van der Waals surface area contributed by atoms with E-state index < -0.39 is 9.84 Å². The molecule has 1 aromatic heterocycles. The van der Waals surface area contributed by atoms with E-state index >= 15 is 0 Å². The van der Waals surface area contributed by atoms with Crippen LogP contribution in [-0.4, -0.2) is 13.4 Å². The highest BCUT2D eigenvalue weighted by Gasteiger charge is 2.16. The van der Waals surface area contributed by atoms with Gasteiger partial charge < -0.3 is 5.73 Å². The van der Waals surface area contributed by atoms with Crippen molar-refractivity contribution >= 4 is 26.9 Å². The molecular weight excluding hydrogens is 256 g/mol. The van der Waals surface area contributed by atoms with Gasteiger partial charge in [-0.25, -0.2) is 13.4 Å². The minimum atomic E-state index is -3.32. The molecule has 0 amide bonds. The first-order valence-electron chi connectivity index (χ1n) is 4.97. The predicted molar refractivity (Wildman–Crippen MR) is 68.6 cm³/mol. The summed E-state index contributed by atoms with van der Waals surface area (Å²) in [4.78, 5) is 4.43. The Morgan fingerprint density at radius 1 is 1.29 bits per heavy atom. The lowest BCUT2D eigenvalue weighted by molar-refractivity contribution is 0.595. The van der Waals surface area contributed by atoms with Crippen LogP contribution in [0, 0.1) is 6.92 Å². The number of nitrogen functional groups attached to an aromatic ring is 1. The zero-order valence-corrected chi connectivity index (χ0v) is 10.9. The minimum Gasteiger partial charge on any atom is -0.399 e. The molecule has 17 heavy (non-hydrogen) atoms. The maximum Gasteiger partial charge on any atom is 0.184 e. The Morgan fingerprint density at radius 3 is 2.47 bits per heavy atom. The number of nitrogens with two attached hydrogens (primary N) is 1. The molecule has 0 aliphatic heterocycles. The van der Waals surface area contributed by atoms with E-state index in [-0.39, 0.29) is 10.6 Å². The summed E-state index contributed by atoms with van der Waals surface area (Å²) in [6, 6.07) is 6.20. The van der Waals surface area contributed by atoms with Crippen LogP contribution in [0.15, 0.2) is 34.5 Å². The first-order chi connectivity index (χ1) is 7.97. The molecular formula is C11H12N2O2S2. The van der Waals surface area contributed by atoms with Crippen molar-refractivity contribution in [1.29, 1.82) is 0 Å². The molecule has 0 saturated carbocycles. The second-order valence-electron chi connectivity index (χ2n) is 3.71. The van der Waals surface area contributed by atoms with Crippen molar-refractivity contribution in [3.63, 3.8) is 0 Å². The Labute approximate surface area is 104 Å². The quantitative estimate of drug-likeness (QED) is 0.864. The molecule has 2 rings (SSSR count). The van der Waals surface area contributed by atoms with E-state index in [0.717, 1.165) is 5.69 Å². The van der Waals surface area contributed by atoms with Crippen LogP contribution in [0.3, 0.4) is 0 Å². The van der Waals surface area contributed by atoms with E-state index in [9.17, 15) is 8.42 Å². The third-order valence-electron chi connectivity index (χ3n) is 2.22. The van der Waals surface area contributed by atoms with Crippen molar-refractivity contribution in [3.05, 3.63) is 40.3 Å². The second kappa shape index (κ2) is 4.46. The standard InChI is InChI=1S/C11H12N2O2S2/c1-8-6-16-11(13-8)7-17(14,15)10-4-2-9(12)3-5-10/h2-6H,7,12H2,1H3. The van der Waals surface area contributed by atoms with Gasteiger partial charge in [-0.3, -0.25) is 0 Å². The average molecular weight is 268 g/mol. The second-order valence-corrected chi connectivity index (χ2v) is 6.64. The molecule has 0 radical (unpaired) electrons. The number of hydrogen-bond acceptors (Lipinski definition) is 5. The number of benzene rings is 1. The van der Waals surface area contributed by atoms with Crippen molar-refractivity contribution in [3.8, 4) is 0 Å². The lowest BCUT2D eigenvalue weighted by Crippen LogP contribution is -2.04. The zero-order valence-electron chi connectivity index (χ0n) is 9.25. The molecule has 0 aliphatic carbocycles. The van der Waals surface area contributed by atoms with Crippen LogP contribution in [0.25, 0.3) is 0 Å². The molecule has 0 atom stereocenters. The Bertz CT molecular complexity index is 615. The van der Waals surface area contributed by atoms with Gasteiger partial charge in [-0.1, -0.05) is 0 Å². The number of anilines is 1. The molecule has 0 aliphatic rings. The van der Waals surface area contributed by atoms with Gasteiger partial charge in [-0.2, -0.15) is 0 Å². The van der Waals surface area contributed by atoms with Crippen molar-refractivity contribution in [1.82, 2.24) is 4.98 Å². The van der Waals surface area contributed by atoms with Gasteiger partial charge in [-0.15, -0.1) is 11.3 Å². The fourth-order valence-electron chi connectivity index (χ4n) is 1.39. The summed E-state index contributed by atoms with van der Waals surface area (Å²) in [5, 5.41) is 2.45. The normalized spacial score (nSPS) is 11.6. The Balaban J connectivity index is 2.28. The van der Waals surface area contributed by atoms with E-state index in [2.05, 4.69) is 4.98 Å². The van der Waals surface area contributed by atoms with Gasteiger partial charge in [-0.05, 0) is 31.2 Å². The predicted octanol–water partition coefficient (Wildman–Crippen LogP) is 2.01. The van der Waals surface area contributed by atoms with Crippen molar-refractivity contribution in [2.24, 2.45) is 0 Å². The third-order valence-corrected chi connectivity index (χ3v) is 5.01. The third kappa shape index (κ3) is 2.83. The summed E-state index contributed by atoms with van der Waals surface area (Å²) >= 11 is 1.36. The molecule has 0 saturated heterocycles. The van der Waals surface area contributed by atoms with Gasteiger partial charge in [0.2, 0.25) is 0 Å². The van der Waals surface area contributed by atoms with E-state index in [0.29, 0.717) is 10.7 Å². The summed E-state index contributed by atoms with van der Waals surface area (Å²) in [6.45, 7) is 1.84. The van der Waals surface area contributed by atoms with Gasteiger partial charge in [0.05, 0.1) is 4.90 Å². The van der Waals surface area contributed by atoms with E-state index in [1.54, 1.807) is 12.1 Å². The minimum absolute atomic E-state index is 0.0601. The lowest BCUT2D eigenvalue weighted by atomic mass is 10.3. The largest absolute Gasteiger partial charge is 0.399 e. The highest BCUT2D eigenvalue weighted by molar-refractivity contribution is 7.90. The molecule has 6 heteroatoms. The van der Waals surface area contributed by atoms with Gasteiger partial charge >= 0.3 is 0 Å². The van der Waals surface area contributed by atoms with Crippen LogP contribution in [0.2, 0.25) is 0 Å². The number of hydrogen-bond donors (Lipinski definition) is 1. The zero-order chi connectivity index (χ0) is 12.5. The summed E-state index contributed by atoms with van der Waals surface area (Å²) in [5.74, 6) is -0.0601. The summed E-state index contributed by atoms with van der Waals surface area (Å²) in [7, 11) is -3.32. The molecule has 0 fully saturated rings. The fraction of sp³-hybridized carbons (Fsp3) is 0.182. The highest BCUT2D eigenvalue weighted by atomic mass is 32.2. The number of nitrogens with zero attached hydrogens (tertiary/aromatic N) is 1. The molecule has 0 unspecified atom stereocenters. The summed E-state index contributed by atoms with van der Waals surface area (Å²) < 4.78 is 24.1.